The van der Waals surface area contributed by atoms with Crippen LogP contribution in [0.1, 0.15) is 11.1 Å². The van der Waals surface area contributed by atoms with Crippen LogP contribution in [0.2, 0.25) is 0 Å². The van der Waals surface area contributed by atoms with E-state index in [0.717, 1.165) is 16.6 Å². The van der Waals surface area contributed by atoms with Crippen LogP contribution in [0, 0.1) is 11.3 Å². The van der Waals surface area contributed by atoms with Crippen molar-refractivity contribution >= 4 is 21.1 Å². The van der Waals surface area contributed by atoms with Gasteiger partial charge in [0.15, 0.2) is 0 Å². The largest absolute Gasteiger partial charge is 0.346 e. The Morgan fingerprint density at radius 2 is 2.00 bits per heavy atom. The second kappa shape index (κ2) is 5.60. The first-order chi connectivity index (χ1) is 10.6. The Balaban J connectivity index is 1.81. The molecule has 0 spiro atoms. The topological polar surface area (TPSA) is 98.6 Å². The molecule has 0 aliphatic rings. The van der Waals surface area contributed by atoms with E-state index in [-0.39, 0.29) is 11.4 Å². The summed E-state index contributed by atoms with van der Waals surface area (Å²) in [6, 6.07) is 11.4. The third-order valence-corrected chi connectivity index (χ3v) is 4.70. The van der Waals surface area contributed by atoms with Crippen molar-refractivity contribution in [2.75, 3.05) is 0 Å². The third kappa shape index (κ3) is 2.70. The van der Waals surface area contributed by atoms with Gasteiger partial charge in [-0.05, 0) is 42.0 Å². The average Bonchev–Trinajstić information content (AvgIpc) is 2.96. The SMILES string of the molecule is N#Cc1ccc(S(=O)(=O)NCc2c[nH]c3ncccc23)cc1. The van der Waals surface area contributed by atoms with Gasteiger partial charge in [-0.2, -0.15) is 5.26 Å². The van der Waals surface area contributed by atoms with Crippen LogP contribution in [0.15, 0.2) is 53.7 Å². The van der Waals surface area contributed by atoms with E-state index in [2.05, 4.69) is 14.7 Å². The number of nitrogens with zero attached hydrogens (tertiary/aromatic N) is 2. The number of nitriles is 1. The van der Waals surface area contributed by atoms with Gasteiger partial charge in [0.05, 0.1) is 16.5 Å². The standard InChI is InChI=1S/C15H12N4O2S/c16-8-11-3-5-13(6-4-11)22(20,21)19-10-12-9-18-15-14(12)2-1-7-17-15/h1-7,9,19H,10H2,(H,17,18). The van der Waals surface area contributed by atoms with Crippen LogP contribution >= 0.6 is 0 Å². The number of fused-ring (bicyclic) bond motifs is 1. The van der Waals surface area contributed by atoms with Crippen LogP contribution in [-0.4, -0.2) is 18.4 Å². The lowest BCUT2D eigenvalue weighted by atomic mass is 10.2. The highest BCUT2D eigenvalue weighted by Crippen LogP contribution is 2.16. The molecule has 0 unspecified atom stereocenters. The number of aromatic nitrogens is 2. The molecule has 6 nitrogen and oxygen atoms in total. The quantitative estimate of drug-likeness (QED) is 0.768. The number of H-pyrrole nitrogens is 1. The number of hydrogen-bond acceptors (Lipinski definition) is 4. The summed E-state index contributed by atoms with van der Waals surface area (Å²) >= 11 is 0. The van der Waals surface area contributed by atoms with Gasteiger partial charge in [-0.3, -0.25) is 0 Å². The number of aromatic amines is 1. The zero-order valence-electron chi connectivity index (χ0n) is 11.4. The van der Waals surface area contributed by atoms with E-state index in [1.807, 2.05) is 12.1 Å². The zero-order chi connectivity index (χ0) is 15.6. The number of hydrogen-bond donors (Lipinski definition) is 2. The lowest BCUT2D eigenvalue weighted by molar-refractivity contribution is 0.581. The van der Waals surface area contributed by atoms with Crippen LogP contribution in [0.25, 0.3) is 11.0 Å². The molecule has 2 aromatic heterocycles. The Bertz CT molecular complexity index is 953. The van der Waals surface area contributed by atoms with E-state index < -0.39 is 10.0 Å². The molecule has 7 heteroatoms. The number of rotatable bonds is 4. The van der Waals surface area contributed by atoms with Crippen molar-refractivity contribution in [1.29, 1.82) is 5.26 Å². The van der Waals surface area contributed by atoms with E-state index >= 15 is 0 Å². The summed E-state index contributed by atoms with van der Waals surface area (Å²) in [5.41, 5.74) is 1.96. The first-order valence-corrected chi connectivity index (χ1v) is 7.99. The molecule has 0 amide bonds. The maximum atomic E-state index is 12.2. The monoisotopic (exact) mass is 312 g/mol. The average molecular weight is 312 g/mol. The molecule has 22 heavy (non-hydrogen) atoms. The van der Waals surface area contributed by atoms with E-state index in [4.69, 9.17) is 5.26 Å². The molecule has 0 atom stereocenters. The summed E-state index contributed by atoms with van der Waals surface area (Å²) in [4.78, 5) is 7.29. The second-order valence-electron chi connectivity index (χ2n) is 4.67. The van der Waals surface area contributed by atoms with Crippen molar-refractivity contribution in [3.63, 3.8) is 0 Å². The van der Waals surface area contributed by atoms with Gasteiger partial charge in [-0.15, -0.1) is 0 Å². The highest BCUT2D eigenvalue weighted by molar-refractivity contribution is 7.89. The number of sulfonamides is 1. The van der Waals surface area contributed by atoms with Crippen LogP contribution in [0.4, 0.5) is 0 Å². The minimum Gasteiger partial charge on any atom is -0.346 e. The zero-order valence-corrected chi connectivity index (χ0v) is 12.3. The minimum absolute atomic E-state index is 0.129. The fourth-order valence-electron chi connectivity index (χ4n) is 2.12. The smallest absolute Gasteiger partial charge is 0.240 e. The molecule has 0 bridgehead atoms. The van der Waals surface area contributed by atoms with E-state index in [1.54, 1.807) is 18.5 Å². The van der Waals surface area contributed by atoms with Crippen molar-refractivity contribution in [3.05, 3.63) is 59.9 Å². The van der Waals surface area contributed by atoms with E-state index in [0.29, 0.717) is 5.56 Å². The molecular formula is C15H12N4O2S. The fraction of sp³-hybridized carbons (Fsp3) is 0.0667. The van der Waals surface area contributed by atoms with Crippen molar-refractivity contribution in [1.82, 2.24) is 14.7 Å². The molecule has 0 aliphatic carbocycles. The van der Waals surface area contributed by atoms with Crippen LogP contribution in [0.5, 0.6) is 0 Å². The van der Waals surface area contributed by atoms with Crippen molar-refractivity contribution in [2.45, 2.75) is 11.4 Å². The summed E-state index contributed by atoms with van der Waals surface area (Å²) in [7, 11) is -3.62. The molecule has 1 aromatic carbocycles. The Hall–Kier alpha value is -2.69. The summed E-state index contributed by atoms with van der Waals surface area (Å²) in [6.45, 7) is 0.161. The Labute approximate surface area is 127 Å². The Morgan fingerprint density at radius 3 is 2.73 bits per heavy atom. The molecule has 0 aliphatic heterocycles. The summed E-state index contributed by atoms with van der Waals surface area (Å²) in [6.07, 6.45) is 3.41. The molecule has 2 heterocycles. The number of pyridine rings is 1. The Kier molecular flexibility index (Phi) is 3.63. The van der Waals surface area contributed by atoms with Gasteiger partial charge < -0.3 is 4.98 Å². The van der Waals surface area contributed by atoms with Crippen molar-refractivity contribution in [2.24, 2.45) is 0 Å². The van der Waals surface area contributed by atoms with Gasteiger partial charge in [0.25, 0.3) is 0 Å². The lowest BCUT2D eigenvalue weighted by Gasteiger charge is -2.06. The van der Waals surface area contributed by atoms with E-state index in [9.17, 15) is 8.42 Å². The van der Waals surface area contributed by atoms with Crippen molar-refractivity contribution in [3.8, 4) is 6.07 Å². The van der Waals surface area contributed by atoms with Gasteiger partial charge in [0.1, 0.15) is 5.65 Å². The van der Waals surface area contributed by atoms with Crippen molar-refractivity contribution < 1.29 is 8.42 Å². The predicted molar refractivity (Wildman–Crippen MR) is 81.3 cm³/mol. The first kappa shape index (κ1) is 14.3. The van der Waals surface area contributed by atoms with Gasteiger partial charge in [0, 0.05) is 24.3 Å². The van der Waals surface area contributed by atoms with Gasteiger partial charge >= 0.3 is 0 Å². The van der Waals surface area contributed by atoms with Crippen LogP contribution in [0.3, 0.4) is 0 Å². The lowest BCUT2D eigenvalue weighted by Crippen LogP contribution is -2.23. The minimum atomic E-state index is -3.62. The molecule has 110 valence electrons. The number of benzene rings is 1. The predicted octanol–water partition coefficient (Wildman–Crippen LogP) is 1.91. The molecule has 3 rings (SSSR count). The van der Waals surface area contributed by atoms with Crippen LogP contribution in [-0.2, 0) is 16.6 Å². The summed E-state index contributed by atoms with van der Waals surface area (Å²) < 4.78 is 27.0. The fourth-order valence-corrected chi connectivity index (χ4v) is 3.13. The number of nitrogens with one attached hydrogen (secondary N) is 2. The summed E-state index contributed by atoms with van der Waals surface area (Å²) in [5.74, 6) is 0. The molecule has 0 saturated heterocycles. The molecular weight excluding hydrogens is 300 g/mol. The normalized spacial score (nSPS) is 11.4. The maximum Gasteiger partial charge on any atom is 0.240 e. The van der Waals surface area contributed by atoms with Gasteiger partial charge in [-0.25, -0.2) is 18.1 Å². The van der Waals surface area contributed by atoms with Gasteiger partial charge in [-0.1, -0.05) is 0 Å². The molecule has 2 N–H and O–H groups in total. The third-order valence-electron chi connectivity index (χ3n) is 3.28. The highest BCUT2D eigenvalue weighted by atomic mass is 32.2. The van der Waals surface area contributed by atoms with Gasteiger partial charge in [0.2, 0.25) is 10.0 Å². The van der Waals surface area contributed by atoms with E-state index in [1.165, 1.54) is 24.3 Å². The molecule has 3 aromatic rings. The Morgan fingerprint density at radius 1 is 1.23 bits per heavy atom. The molecule has 0 fully saturated rings. The molecule has 0 radical (unpaired) electrons. The second-order valence-corrected chi connectivity index (χ2v) is 6.44. The maximum absolute atomic E-state index is 12.2. The molecule has 0 saturated carbocycles. The first-order valence-electron chi connectivity index (χ1n) is 6.51. The highest BCUT2D eigenvalue weighted by Gasteiger charge is 2.14. The summed E-state index contributed by atoms with van der Waals surface area (Å²) in [5, 5.41) is 9.62. The van der Waals surface area contributed by atoms with Crippen LogP contribution < -0.4 is 4.72 Å².